The van der Waals surface area contributed by atoms with E-state index in [-0.39, 0.29) is 5.97 Å². The number of benzene rings is 4. The molecule has 0 bridgehead atoms. The summed E-state index contributed by atoms with van der Waals surface area (Å²) in [5, 5.41) is 7.42. The van der Waals surface area contributed by atoms with Gasteiger partial charge in [-0.25, -0.2) is 4.79 Å². The molecule has 0 spiro atoms. The molecular formula is C31H31NO2P+. The molecular weight excluding hydrogens is 449 g/mol. The van der Waals surface area contributed by atoms with Gasteiger partial charge in [0.2, 0.25) is 5.31 Å². The monoisotopic (exact) mass is 480 g/mol. The van der Waals surface area contributed by atoms with Crippen LogP contribution in [0.3, 0.4) is 0 Å². The third kappa shape index (κ3) is 4.92. The maximum atomic E-state index is 13.8. The SMILES string of the molecule is CCOC(=O)C(=CNc1c(C)cccc1C)[P+](c1ccccc1)(c1ccccc1)c1ccccc1. The van der Waals surface area contributed by atoms with Crippen LogP contribution in [-0.4, -0.2) is 12.6 Å². The summed E-state index contributed by atoms with van der Waals surface area (Å²) in [4.78, 5) is 13.8. The Bertz CT molecular complexity index is 1190. The third-order valence-corrected chi connectivity index (χ3v) is 10.4. The van der Waals surface area contributed by atoms with Crippen LogP contribution in [0.1, 0.15) is 18.1 Å². The van der Waals surface area contributed by atoms with Gasteiger partial charge in [0.05, 0.1) is 12.8 Å². The maximum Gasteiger partial charge on any atom is 0.376 e. The summed E-state index contributed by atoms with van der Waals surface area (Å²) in [5.74, 6) is -0.309. The fraction of sp³-hybridized carbons (Fsp3) is 0.129. The molecule has 176 valence electrons. The minimum atomic E-state index is -2.59. The fourth-order valence-electron chi connectivity index (χ4n) is 4.50. The number of carbonyl (C=O) groups is 1. The minimum Gasteiger partial charge on any atom is -0.460 e. The van der Waals surface area contributed by atoms with Crippen LogP contribution in [0.4, 0.5) is 5.69 Å². The number of nitrogens with one attached hydrogen (secondary N) is 1. The predicted octanol–water partition coefficient (Wildman–Crippen LogP) is 6.11. The quantitative estimate of drug-likeness (QED) is 0.188. The van der Waals surface area contributed by atoms with Gasteiger partial charge in [0.25, 0.3) is 0 Å². The molecule has 4 aromatic rings. The lowest BCUT2D eigenvalue weighted by atomic mass is 10.1. The molecule has 0 heterocycles. The molecule has 0 amide bonds. The van der Waals surface area contributed by atoms with E-state index in [9.17, 15) is 4.79 Å². The first-order valence-electron chi connectivity index (χ1n) is 11.9. The summed E-state index contributed by atoms with van der Waals surface area (Å²) in [7, 11) is -2.59. The second kappa shape index (κ2) is 11.2. The summed E-state index contributed by atoms with van der Waals surface area (Å²) in [5.41, 5.74) is 3.24. The second-order valence-corrected chi connectivity index (χ2v) is 11.7. The van der Waals surface area contributed by atoms with Gasteiger partial charge in [0.1, 0.15) is 15.9 Å². The van der Waals surface area contributed by atoms with Crippen molar-refractivity contribution in [3.05, 3.63) is 132 Å². The first kappa shape index (κ1) is 24.4. The molecule has 0 aromatic heterocycles. The average Bonchev–Trinajstić information content (AvgIpc) is 2.89. The van der Waals surface area contributed by atoms with Crippen LogP contribution in [-0.2, 0) is 9.53 Å². The molecule has 0 unspecified atom stereocenters. The van der Waals surface area contributed by atoms with Crippen molar-refractivity contribution in [2.45, 2.75) is 20.8 Å². The fourth-order valence-corrected chi connectivity index (χ4v) is 8.68. The third-order valence-electron chi connectivity index (χ3n) is 6.11. The Morgan fingerprint density at radius 1 is 0.714 bits per heavy atom. The molecule has 0 saturated heterocycles. The summed E-state index contributed by atoms with van der Waals surface area (Å²) in [6, 6.07) is 37.2. The van der Waals surface area contributed by atoms with Gasteiger partial charge in [-0.2, -0.15) is 0 Å². The molecule has 1 N–H and O–H groups in total. The minimum absolute atomic E-state index is 0.304. The molecule has 0 aliphatic carbocycles. The van der Waals surface area contributed by atoms with Gasteiger partial charge in [0.15, 0.2) is 7.26 Å². The number of hydrogen-bond acceptors (Lipinski definition) is 3. The highest BCUT2D eigenvalue weighted by atomic mass is 31.2. The van der Waals surface area contributed by atoms with E-state index in [0.29, 0.717) is 11.9 Å². The van der Waals surface area contributed by atoms with E-state index in [1.165, 1.54) is 0 Å². The van der Waals surface area contributed by atoms with Crippen LogP contribution < -0.4 is 21.2 Å². The zero-order chi connectivity index (χ0) is 24.7. The molecule has 4 rings (SSSR count). The van der Waals surface area contributed by atoms with Crippen molar-refractivity contribution in [2.75, 3.05) is 11.9 Å². The van der Waals surface area contributed by atoms with Crippen molar-refractivity contribution < 1.29 is 9.53 Å². The molecule has 4 aromatic carbocycles. The number of rotatable bonds is 8. The van der Waals surface area contributed by atoms with Crippen molar-refractivity contribution in [1.82, 2.24) is 0 Å². The van der Waals surface area contributed by atoms with Gasteiger partial charge in [-0.1, -0.05) is 72.8 Å². The average molecular weight is 481 g/mol. The Morgan fingerprint density at radius 2 is 1.14 bits per heavy atom. The van der Waals surface area contributed by atoms with Crippen LogP contribution >= 0.6 is 7.26 Å². The molecule has 0 aliphatic heterocycles. The van der Waals surface area contributed by atoms with Crippen molar-refractivity contribution in [1.29, 1.82) is 0 Å². The molecule has 0 aliphatic rings. The maximum absolute atomic E-state index is 13.8. The molecule has 0 radical (unpaired) electrons. The smallest absolute Gasteiger partial charge is 0.376 e. The first-order valence-corrected chi connectivity index (χ1v) is 13.6. The molecule has 0 fully saturated rings. The Balaban J connectivity index is 2.07. The van der Waals surface area contributed by atoms with E-state index in [4.69, 9.17) is 4.74 Å². The van der Waals surface area contributed by atoms with Crippen molar-refractivity contribution in [3.8, 4) is 0 Å². The van der Waals surface area contributed by atoms with Crippen molar-refractivity contribution in [2.24, 2.45) is 0 Å². The Kier molecular flexibility index (Phi) is 7.80. The zero-order valence-corrected chi connectivity index (χ0v) is 21.3. The number of esters is 1. The van der Waals surface area contributed by atoms with Crippen LogP contribution in [0.15, 0.2) is 121 Å². The summed E-state index contributed by atoms with van der Waals surface area (Å²) < 4.78 is 5.70. The Hall–Kier alpha value is -3.68. The van der Waals surface area contributed by atoms with Crippen molar-refractivity contribution >= 4 is 34.8 Å². The highest BCUT2D eigenvalue weighted by Gasteiger charge is 2.53. The number of carbonyl (C=O) groups excluding carboxylic acids is 1. The lowest BCUT2D eigenvalue weighted by Crippen LogP contribution is -2.35. The standard InChI is InChI=1S/C31H30NO2P/c1-4-34-31(33)29(23-32-30-24(2)15-14-16-25(30)3)35(26-17-8-5-9-18-26,27-19-10-6-11-20-27)28-21-12-7-13-22-28/h5-23H,4H2,1-3H3/p+1. The van der Waals surface area contributed by atoms with E-state index < -0.39 is 7.26 Å². The lowest BCUT2D eigenvalue weighted by molar-refractivity contribution is -0.137. The zero-order valence-electron chi connectivity index (χ0n) is 20.4. The van der Waals surface area contributed by atoms with Gasteiger partial charge in [0, 0.05) is 5.69 Å². The van der Waals surface area contributed by atoms with E-state index >= 15 is 0 Å². The highest BCUT2D eigenvalue weighted by molar-refractivity contribution is 7.99. The highest BCUT2D eigenvalue weighted by Crippen LogP contribution is 2.62. The van der Waals surface area contributed by atoms with Gasteiger partial charge >= 0.3 is 5.97 Å². The molecule has 4 heteroatoms. The van der Waals surface area contributed by atoms with Gasteiger partial charge in [-0.3, -0.25) is 0 Å². The Labute approximate surface area is 208 Å². The molecule has 0 saturated carbocycles. The van der Waals surface area contributed by atoms with Crippen LogP contribution in [0.2, 0.25) is 0 Å². The van der Waals surface area contributed by atoms with Gasteiger partial charge in [-0.05, 0) is 68.3 Å². The summed E-state index contributed by atoms with van der Waals surface area (Å²) >= 11 is 0. The predicted molar refractivity (Wildman–Crippen MR) is 149 cm³/mol. The van der Waals surface area contributed by atoms with Crippen molar-refractivity contribution in [3.63, 3.8) is 0 Å². The van der Waals surface area contributed by atoms with Crippen LogP contribution in [0.25, 0.3) is 0 Å². The van der Waals surface area contributed by atoms with Crippen LogP contribution in [0.5, 0.6) is 0 Å². The number of anilines is 1. The molecule has 35 heavy (non-hydrogen) atoms. The largest absolute Gasteiger partial charge is 0.460 e. The number of ether oxygens (including phenoxy) is 1. The molecule has 0 atom stereocenters. The number of aryl methyl sites for hydroxylation is 2. The van der Waals surface area contributed by atoms with E-state index in [2.05, 4.69) is 67.7 Å². The Morgan fingerprint density at radius 3 is 1.54 bits per heavy atom. The number of hydrogen-bond donors (Lipinski definition) is 1. The molecule has 3 nitrogen and oxygen atoms in total. The lowest BCUT2D eigenvalue weighted by Gasteiger charge is -2.28. The normalized spacial score (nSPS) is 11.7. The topological polar surface area (TPSA) is 38.3 Å². The first-order chi connectivity index (χ1) is 17.1. The number of para-hydroxylation sites is 1. The van der Waals surface area contributed by atoms with Gasteiger partial charge in [-0.15, -0.1) is 0 Å². The van der Waals surface area contributed by atoms with Crippen LogP contribution in [0, 0.1) is 13.8 Å². The van der Waals surface area contributed by atoms with E-state index in [1.807, 2.05) is 73.8 Å². The second-order valence-electron chi connectivity index (χ2n) is 8.34. The summed E-state index contributed by atoms with van der Waals surface area (Å²) in [6.07, 6.45) is 1.88. The summed E-state index contributed by atoms with van der Waals surface area (Å²) in [6.45, 7) is 6.29. The van der Waals surface area contributed by atoms with E-state index in [1.54, 1.807) is 0 Å². The van der Waals surface area contributed by atoms with E-state index in [0.717, 1.165) is 32.7 Å². The van der Waals surface area contributed by atoms with Gasteiger partial charge < -0.3 is 10.1 Å².